The van der Waals surface area contributed by atoms with Crippen LogP contribution < -0.4 is 0 Å². The van der Waals surface area contributed by atoms with Gasteiger partial charge in [-0.25, -0.2) is 0 Å². The highest BCUT2D eigenvalue weighted by molar-refractivity contribution is 7.30. The summed E-state index contributed by atoms with van der Waals surface area (Å²) in [7, 11) is 0. The van der Waals surface area contributed by atoms with Crippen molar-refractivity contribution < 1.29 is 0 Å². The van der Waals surface area contributed by atoms with Crippen LogP contribution in [0.15, 0.2) is 103 Å². The Hall–Kier alpha value is -3.66. The Bertz CT molecular complexity index is 2020. The predicted molar refractivity (Wildman–Crippen MR) is 147 cm³/mol. The van der Waals surface area contributed by atoms with Gasteiger partial charge in [0.15, 0.2) is 0 Å². The van der Waals surface area contributed by atoms with E-state index in [1.165, 1.54) is 67.8 Å². The fraction of sp³-hybridized carbons (Fsp3) is 0. The molecule has 0 saturated heterocycles. The SMILES string of the molecule is c1ccc(-n2c3ccccc3c3c4c5ccccc5sc4c4c5ccccc5sc4c32)cc1. The maximum absolute atomic E-state index is 2.48. The van der Waals surface area contributed by atoms with E-state index in [1.54, 1.807) is 0 Å². The molecule has 0 unspecified atom stereocenters. The summed E-state index contributed by atoms with van der Waals surface area (Å²) in [4.78, 5) is 0. The zero-order valence-electron chi connectivity index (χ0n) is 17.6. The first-order valence-electron chi connectivity index (χ1n) is 11.1. The molecule has 1 nitrogen and oxygen atoms in total. The third-order valence-electron chi connectivity index (χ3n) is 6.77. The Balaban J connectivity index is 1.80. The molecule has 3 aromatic heterocycles. The minimum absolute atomic E-state index is 1.21. The van der Waals surface area contributed by atoms with E-state index in [-0.39, 0.29) is 0 Å². The second kappa shape index (κ2) is 6.44. The monoisotopic (exact) mass is 455 g/mol. The van der Waals surface area contributed by atoms with Gasteiger partial charge in [-0.05, 0) is 30.3 Å². The highest BCUT2D eigenvalue weighted by Crippen LogP contribution is 2.51. The molecule has 0 fully saturated rings. The Morgan fingerprint density at radius 3 is 1.79 bits per heavy atom. The Morgan fingerprint density at radius 1 is 0.455 bits per heavy atom. The first-order chi connectivity index (χ1) is 16.4. The topological polar surface area (TPSA) is 4.93 Å². The van der Waals surface area contributed by atoms with Gasteiger partial charge in [0.2, 0.25) is 0 Å². The van der Waals surface area contributed by atoms with Crippen molar-refractivity contribution in [3.05, 3.63) is 103 Å². The summed E-state index contributed by atoms with van der Waals surface area (Å²) >= 11 is 3.86. The molecule has 0 amide bonds. The van der Waals surface area contributed by atoms with Gasteiger partial charge in [0.25, 0.3) is 0 Å². The summed E-state index contributed by atoms with van der Waals surface area (Å²) in [6, 6.07) is 37.5. The lowest BCUT2D eigenvalue weighted by molar-refractivity contribution is 1.19. The molecule has 0 saturated carbocycles. The number of nitrogens with zero attached hydrogens (tertiary/aromatic N) is 1. The molecule has 154 valence electrons. The first-order valence-corrected chi connectivity index (χ1v) is 12.8. The van der Waals surface area contributed by atoms with E-state index in [4.69, 9.17) is 0 Å². The number of fused-ring (bicyclic) bond motifs is 12. The van der Waals surface area contributed by atoms with Crippen molar-refractivity contribution in [3.8, 4) is 5.69 Å². The molecule has 5 aromatic carbocycles. The highest BCUT2D eigenvalue weighted by Gasteiger charge is 2.23. The molecule has 3 heterocycles. The summed E-state index contributed by atoms with van der Waals surface area (Å²) in [5.41, 5.74) is 3.80. The quantitative estimate of drug-likeness (QED) is 0.232. The van der Waals surface area contributed by atoms with Gasteiger partial charge in [0.1, 0.15) is 0 Å². The lowest BCUT2D eigenvalue weighted by Crippen LogP contribution is -1.93. The molecular formula is C30H17NS2. The van der Waals surface area contributed by atoms with Crippen molar-refractivity contribution >= 4 is 84.8 Å². The lowest BCUT2D eigenvalue weighted by Gasteiger charge is -2.09. The minimum Gasteiger partial charge on any atom is -0.308 e. The second-order valence-corrected chi connectivity index (χ2v) is 10.6. The van der Waals surface area contributed by atoms with Gasteiger partial charge >= 0.3 is 0 Å². The molecule has 0 N–H and O–H groups in total. The normalized spacial score (nSPS) is 12.2. The molecule has 0 atom stereocenters. The molecule has 0 aliphatic carbocycles. The van der Waals surface area contributed by atoms with Gasteiger partial charge in [-0.2, -0.15) is 0 Å². The third kappa shape index (κ3) is 2.26. The van der Waals surface area contributed by atoms with Gasteiger partial charge in [-0.1, -0.05) is 72.8 Å². The van der Waals surface area contributed by atoms with Crippen molar-refractivity contribution in [2.24, 2.45) is 0 Å². The lowest BCUT2D eigenvalue weighted by atomic mass is 10.0. The van der Waals surface area contributed by atoms with Crippen LogP contribution in [0.25, 0.3) is 67.8 Å². The molecule has 8 aromatic rings. The van der Waals surface area contributed by atoms with E-state index < -0.39 is 0 Å². The van der Waals surface area contributed by atoms with Gasteiger partial charge in [0.05, 0.1) is 15.7 Å². The minimum atomic E-state index is 1.21. The number of para-hydroxylation sites is 2. The van der Waals surface area contributed by atoms with Crippen LogP contribution in [0.1, 0.15) is 0 Å². The van der Waals surface area contributed by atoms with E-state index in [0.29, 0.717) is 0 Å². The molecule has 0 radical (unpaired) electrons. The fourth-order valence-electron chi connectivity index (χ4n) is 5.46. The van der Waals surface area contributed by atoms with Crippen LogP contribution in [0.5, 0.6) is 0 Å². The average Bonchev–Trinajstić information content (AvgIpc) is 3.54. The van der Waals surface area contributed by atoms with Crippen LogP contribution in [0.4, 0.5) is 0 Å². The molecule has 0 spiro atoms. The number of thiophene rings is 2. The number of benzene rings is 5. The Kier molecular flexibility index (Phi) is 3.48. The molecule has 3 heteroatoms. The zero-order valence-corrected chi connectivity index (χ0v) is 19.2. The number of rotatable bonds is 1. The maximum atomic E-state index is 2.48. The fourth-order valence-corrected chi connectivity index (χ4v) is 8.05. The molecule has 0 aliphatic rings. The summed E-state index contributed by atoms with van der Waals surface area (Å²) < 4.78 is 7.98. The van der Waals surface area contributed by atoms with Gasteiger partial charge in [-0.15, -0.1) is 22.7 Å². The average molecular weight is 456 g/mol. The number of aromatic nitrogens is 1. The van der Waals surface area contributed by atoms with Crippen LogP contribution in [-0.4, -0.2) is 4.57 Å². The molecule has 0 aliphatic heterocycles. The van der Waals surface area contributed by atoms with Crippen molar-refractivity contribution in [1.82, 2.24) is 4.57 Å². The van der Waals surface area contributed by atoms with Gasteiger partial charge < -0.3 is 4.57 Å². The van der Waals surface area contributed by atoms with Gasteiger partial charge in [-0.3, -0.25) is 0 Å². The molecule has 8 rings (SSSR count). The Morgan fingerprint density at radius 2 is 1.03 bits per heavy atom. The van der Waals surface area contributed by atoms with E-state index in [1.807, 2.05) is 22.7 Å². The molecule has 33 heavy (non-hydrogen) atoms. The van der Waals surface area contributed by atoms with E-state index in [9.17, 15) is 0 Å². The van der Waals surface area contributed by atoms with Crippen molar-refractivity contribution in [3.63, 3.8) is 0 Å². The standard InChI is InChI=1S/C30H17NS2/c1-2-10-18(11-3-1)31-22-15-7-4-12-19(22)25-26-20-13-5-8-16-23(20)32-29(26)27-21-14-6-9-17-24(21)33-30(27)28(25)31/h1-17H. The zero-order chi connectivity index (χ0) is 21.5. The van der Waals surface area contributed by atoms with Crippen LogP contribution >= 0.6 is 22.7 Å². The van der Waals surface area contributed by atoms with Crippen molar-refractivity contribution in [2.75, 3.05) is 0 Å². The molecule has 0 bridgehead atoms. The number of hydrogen-bond acceptors (Lipinski definition) is 2. The first kappa shape index (κ1) is 17.8. The third-order valence-corrected chi connectivity index (χ3v) is 9.14. The van der Waals surface area contributed by atoms with Crippen molar-refractivity contribution in [2.45, 2.75) is 0 Å². The smallest absolute Gasteiger partial charge is 0.0727 e. The van der Waals surface area contributed by atoms with Crippen molar-refractivity contribution in [1.29, 1.82) is 0 Å². The van der Waals surface area contributed by atoms with Gasteiger partial charge in [0, 0.05) is 52.1 Å². The van der Waals surface area contributed by atoms with E-state index in [2.05, 4.69) is 108 Å². The van der Waals surface area contributed by atoms with E-state index in [0.717, 1.165) is 0 Å². The van der Waals surface area contributed by atoms with Crippen LogP contribution in [0.2, 0.25) is 0 Å². The summed E-state index contributed by atoms with van der Waals surface area (Å²) in [5.74, 6) is 0. The molecular weight excluding hydrogens is 438 g/mol. The summed E-state index contributed by atoms with van der Waals surface area (Å²) in [5, 5.41) is 8.22. The highest BCUT2D eigenvalue weighted by atomic mass is 32.1. The largest absolute Gasteiger partial charge is 0.308 e. The number of hydrogen-bond donors (Lipinski definition) is 0. The summed E-state index contributed by atoms with van der Waals surface area (Å²) in [6.07, 6.45) is 0. The van der Waals surface area contributed by atoms with Crippen LogP contribution in [-0.2, 0) is 0 Å². The second-order valence-electron chi connectivity index (χ2n) is 8.52. The van der Waals surface area contributed by atoms with E-state index >= 15 is 0 Å². The van der Waals surface area contributed by atoms with Crippen LogP contribution in [0, 0.1) is 0 Å². The maximum Gasteiger partial charge on any atom is 0.0727 e. The van der Waals surface area contributed by atoms with Crippen LogP contribution in [0.3, 0.4) is 0 Å². The predicted octanol–water partition coefficient (Wildman–Crippen LogP) is 9.52. The summed E-state index contributed by atoms with van der Waals surface area (Å²) in [6.45, 7) is 0. The Labute approximate surface area is 197 Å².